The second-order valence-corrected chi connectivity index (χ2v) is 8.79. The second-order valence-electron chi connectivity index (χ2n) is 7.87. The van der Waals surface area contributed by atoms with E-state index < -0.39 is 0 Å². The number of carbonyl (C=O) groups is 1. The van der Waals surface area contributed by atoms with Gasteiger partial charge in [0.2, 0.25) is 0 Å². The standard InChI is InChI=1S/C26H26BrNO3/c1-30-25-11-8-18(13-26(25)31-2)16-28-23-15-22(23)19-9-6-17(7-10-19)12-24(29)20-4-3-5-21(27)14-20/h3-11,13-14,22-23,28H,12,15-16H2,1-2H3. The fourth-order valence-electron chi connectivity index (χ4n) is 3.86. The molecule has 0 spiro atoms. The monoisotopic (exact) mass is 479 g/mol. The van der Waals surface area contributed by atoms with Gasteiger partial charge in [-0.15, -0.1) is 0 Å². The van der Waals surface area contributed by atoms with E-state index in [0.29, 0.717) is 18.4 Å². The van der Waals surface area contributed by atoms with Crippen molar-refractivity contribution < 1.29 is 14.3 Å². The minimum atomic E-state index is 0.134. The summed E-state index contributed by atoms with van der Waals surface area (Å²) in [6.45, 7) is 0.792. The molecule has 160 valence electrons. The van der Waals surface area contributed by atoms with Crippen molar-refractivity contribution in [3.05, 3.63) is 93.5 Å². The van der Waals surface area contributed by atoms with Crippen LogP contribution < -0.4 is 14.8 Å². The number of ether oxygens (including phenoxy) is 2. The third-order valence-corrected chi connectivity index (χ3v) is 6.22. The van der Waals surface area contributed by atoms with Gasteiger partial charge in [0.25, 0.3) is 0 Å². The first-order valence-electron chi connectivity index (χ1n) is 10.4. The van der Waals surface area contributed by atoms with Gasteiger partial charge in [0.15, 0.2) is 17.3 Å². The van der Waals surface area contributed by atoms with E-state index in [2.05, 4.69) is 51.6 Å². The van der Waals surface area contributed by atoms with E-state index in [0.717, 1.165) is 40.1 Å². The van der Waals surface area contributed by atoms with Gasteiger partial charge < -0.3 is 14.8 Å². The molecule has 3 aromatic rings. The van der Waals surface area contributed by atoms with Crippen LogP contribution in [0.4, 0.5) is 0 Å². The third kappa shape index (κ3) is 5.35. The van der Waals surface area contributed by atoms with E-state index in [1.54, 1.807) is 14.2 Å². The van der Waals surface area contributed by atoms with Crippen molar-refractivity contribution in [2.75, 3.05) is 14.2 Å². The van der Waals surface area contributed by atoms with Gasteiger partial charge in [-0.05, 0) is 47.4 Å². The first kappa shape index (κ1) is 21.6. The fourth-order valence-corrected chi connectivity index (χ4v) is 4.26. The molecular weight excluding hydrogens is 454 g/mol. The van der Waals surface area contributed by atoms with Crippen LogP contribution in [0.25, 0.3) is 0 Å². The molecule has 1 fully saturated rings. The molecule has 31 heavy (non-hydrogen) atoms. The molecule has 2 unspecified atom stereocenters. The highest BCUT2D eigenvalue weighted by molar-refractivity contribution is 9.10. The maximum Gasteiger partial charge on any atom is 0.167 e. The predicted octanol–water partition coefficient (Wildman–Crippen LogP) is 5.54. The number of hydrogen-bond donors (Lipinski definition) is 1. The molecule has 0 bridgehead atoms. The maximum absolute atomic E-state index is 12.5. The molecule has 0 aromatic heterocycles. The van der Waals surface area contributed by atoms with Crippen molar-refractivity contribution >= 4 is 21.7 Å². The van der Waals surface area contributed by atoms with Crippen LogP contribution in [0.15, 0.2) is 71.2 Å². The Kier molecular flexibility index (Phi) is 6.73. The second kappa shape index (κ2) is 9.67. The zero-order valence-electron chi connectivity index (χ0n) is 17.7. The van der Waals surface area contributed by atoms with E-state index >= 15 is 0 Å². The summed E-state index contributed by atoms with van der Waals surface area (Å²) in [6, 6.07) is 22.5. The SMILES string of the molecule is COc1ccc(CNC2CC2c2ccc(CC(=O)c3cccc(Br)c3)cc2)cc1OC. The molecule has 2 atom stereocenters. The molecule has 0 amide bonds. The zero-order valence-corrected chi connectivity index (χ0v) is 19.3. The normalized spacial score (nSPS) is 17.3. The Morgan fingerprint density at radius 3 is 2.42 bits per heavy atom. The maximum atomic E-state index is 12.5. The van der Waals surface area contributed by atoms with Crippen molar-refractivity contribution in [2.24, 2.45) is 0 Å². The minimum absolute atomic E-state index is 0.134. The highest BCUT2D eigenvalue weighted by Gasteiger charge is 2.37. The molecular formula is C26H26BrNO3. The number of methoxy groups -OCH3 is 2. The summed E-state index contributed by atoms with van der Waals surface area (Å²) in [7, 11) is 3.30. The Labute approximate surface area is 191 Å². The number of hydrogen-bond acceptors (Lipinski definition) is 4. The molecule has 1 saturated carbocycles. The molecule has 5 heteroatoms. The summed E-state index contributed by atoms with van der Waals surface area (Å²) >= 11 is 3.42. The number of carbonyl (C=O) groups excluding carboxylic acids is 1. The van der Waals surface area contributed by atoms with Crippen LogP contribution >= 0.6 is 15.9 Å². The number of halogens is 1. The molecule has 0 aliphatic heterocycles. The summed E-state index contributed by atoms with van der Waals surface area (Å²) in [5, 5.41) is 3.63. The molecule has 4 rings (SSSR count). The smallest absolute Gasteiger partial charge is 0.167 e. The van der Waals surface area contributed by atoms with Crippen molar-refractivity contribution in [1.82, 2.24) is 5.32 Å². The molecule has 1 aliphatic carbocycles. The summed E-state index contributed by atoms with van der Waals surface area (Å²) in [6.07, 6.45) is 1.55. The van der Waals surface area contributed by atoms with E-state index in [-0.39, 0.29) is 5.78 Å². The van der Waals surface area contributed by atoms with Gasteiger partial charge in [-0.3, -0.25) is 4.79 Å². The Balaban J connectivity index is 1.30. The summed E-state index contributed by atoms with van der Waals surface area (Å²) in [5.41, 5.74) is 4.28. The van der Waals surface area contributed by atoms with Crippen molar-refractivity contribution in [3.8, 4) is 11.5 Å². The Morgan fingerprint density at radius 1 is 0.968 bits per heavy atom. The lowest BCUT2D eigenvalue weighted by Gasteiger charge is -2.10. The van der Waals surface area contributed by atoms with E-state index in [1.807, 2.05) is 36.4 Å². The molecule has 3 aromatic carbocycles. The Bertz CT molecular complexity index is 1060. The average Bonchev–Trinajstić information content (AvgIpc) is 3.57. The van der Waals surface area contributed by atoms with Gasteiger partial charge in [-0.1, -0.05) is 58.4 Å². The van der Waals surface area contributed by atoms with Crippen molar-refractivity contribution in [2.45, 2.75) is 31.3 Å². The number of rotatable bonds is 9. The number of ketones is 1. The Hall–Kier alpha value is -2.63. The van der Waals surface area contributed by atoms with Gasteiger partial charge in [0.1, 0.15) is 0 Å². The quantitative estimate of drug-likeness (QED) is 0.409. The average molecular weight is 480 g/mol. The molecule has 0 heterocycles. The molecule has 1 N–H and O–H groups in total. The van der Waals surface area contributed by atoms with Crippen LogP contribution in [0.2, 0.25) is 0 Å². The van der Waals surface area contributed by atoms with Crippen LogP contribution in [-0.2, 0) is 13.0 Å². The van der Waals surface area contributed by atoms with E-state index in [1.165, 1.54) is 11.1 Å². The Morgan fingerprint density at radius 2 is 1.71 bits per heavy atom. The number of nitrogens with one attached hydrogen (secondary N) is 1. The van der Waals surface area contributed by atoms with Gasteiger partial charge in [0, 0.05) is 35.0 Å². The molecule has 1 aliphatic rings. The lowest BCUT2D eigenvalue weighted by molar-refractivity contribution is 0.0993. The lowest BCUT2D eigenvalue weighted by Crippen LogP contribution is -2.17. The molecule has 4 nitrogen and oxygen atoms in total. The lowest BCUT2D eigenvalue weighted by atomic mass is 10.0. The van der Waals surface area contributed by atoms with Crippen LogP contribution in [0.3, 0.4) is 0 Å². The number of benzene rings is 3. The van der Waals surface area contributed by atoms with E-state index in [4.69, 9.17) is 9.47 Å². The predicted molar refractivity (Wildman–Crippen MR) is 126 cm³/mol. The molecule has 0 radical (unpaired) electrons. The highest BCUT2D eigenvalue weighted by Crippen LogP contribution is 2.41. The third-order valence-electron chi connectivity index (χ3n) is 5.73. The van der Waals surface area contributed by atoms with Gasteiger partial charge in [0.05, 0.1) is 14.2 Å². The van der Waals surface area contributed by atoms with Crippen LogP contribution in [0, 0.1) is 0 Å². The summed E-state index contributed by atoms with van der Waals surface area (Å²) in [4.78, 5) is 12.5. The van der Waals surface area contributed by atoms with E-state index in [9.17, 15) is 4.79 Å². The fraction of sp³-hybridized carbons (Fsp3) is 0.269. The largest absolute Gasteiger partial charge is 0.493 e. The van der Waals surface area contributed by atoms with Crippen molar-refractivity contribution in [3.63, 3.8) is 0 Å². The van der Waals surface area contributed by atoms with Crippen LogP contribution in [-0.4, -0.2) is 26.0 Å². The summed E-state index contributed by atoms with van der Waals surface area (Å²) in [5.74, 6) is 2.15. The molecule has 0 saturated heterocycles. The summed E-state index contributed by atoms with van der Waals surface area (Å²) < 4.78 is 11.6. The first-order valence-corrected chi connectivity index (χ1v) is 11.2. The van der Waals surface area contributed by atoms with Crippen LogP contribution in [0.1, 0.15) is 39.4 Å². The minimum Gasteiger partial charge on any atom is -0.493 e. The highest BCUT2D eigenvalue weighted by atomic mass is 79.9. The van der Waals surface area contributed by atoms with Gasteiger partial charge in [-0.25, -0.2) is 0 Å². The number of Topliss-reactive ketones (excluding diaryl/α,β-unsaturated/α-hetero) is 1. The van der Waals surface area contributed by atoms with Gasteiger partial charge >= 0.3 is 0 Å². The topological polar surface area (TPSA) is 47.6 Å². The van der Waals surface area contributed by atoms with Crippen LogP contribution in [0.5, 0.6) is 11.5 Å². The first-order chi connectivity index (χ1) is 15.1. The van der Waals surface area contributed by atoms with Crippen molar-refractivity contribution in [1.29, 1.82) is 0 Å². The van der Waals surface area contributed by atoms with Gasteiger partial charge in [-0.2, -0.15) is 0 Å². The zero-order chi connectivity index (χ0) is 21.8.